The molecule has 0 bridgehead atoms. The molecule has 3 heteroatoms. The van der Waals surface area contributed by atoms with Crippen LogP contribution in [0.25, 0.3) is 0 Å². The molecule has 0 aliphatic carbocycles. The van der Waals surface area contributed by atoms with Crippen LogP contribution in [0, 0.1) is 0 Å². The first-order valence-electron chi connectivity index (χ1n) is 5.85. The summed E-state index contributed by atoms with van der Waals surface area (Å²) in [6.45, 7) is 8.55. The van der Waals surface area contributed by atoms with E-state index >= 15 is 0 Å². The van der Waals surface area contributed by atoms with Gasteiger partial charge in [-0.3, -0.25) is 0 Å². The van der Waals surface area contributed by atoms with Crippen molar-refractivity contribution >= 4 is 5.97 Å². The second-order valence-electron chi connectivity index (χ2n) is 4.14. The Morgan fingerprint density at radius 3 is 2.33 bits per heavy atom. The average molecular weight is 216 g/mol. The third-order valence-electron chi connectivity index (χ3n) is 2.23. The Labute approximate surface area is 93.1 Å². The SMILES string of the molecule is CCCCCCOC(=O)C(C)(C)OCC. The second kappa shape index (κ2) is 7.69. The van der Waals surface area contributed by atoms with Crippen LogP contribution in [-0.4, -0.2) is 24.8 Å². The van der Waals surface area contributed by atoms with Crippen molar-refractivity contribution in [1.82, 2.24) is 0 Å². The first kappa shape index (κ1) is 14.4. The van der Waals surface area contributed by atoms with Gasteiger partial charge in [-0.2, -0.15) is 0 Å². The van der Waals surface area contributed by atoms with Crippen LogP contribution in [0.4, 0.5) is 0 Å². The van der Waals surface area contributed by atoms with Gasteiger partial charge in [0, 0.05) is 6.61 Å². The molecule has 0 saturated carbocycles. The van der Waals surface area contributed by atoms with Gasteiger partial charge in [0.15, 0.2) is 5.60 Å². The van der Waals surface area contributed by atoms with Gasteiger partial charge in [-0.25, -0.2) is 4.79 Å². The van der Waals surface area contributed by atoms with Gasteiger partial charge in [0.25, 0.3) is 0 Å². The van der Waals surface area contributed by atoms with Crippen molar-refractivity contribution in [3.05, 3.63) is 0 Å². The molecule has 0 aromatic rings. The highest BCUT2D eigenvalue weighted by Crippen LogP contribution is 2.11. The quantitative estimate of drug-likeness (QED) is 0.462. The van der Waals surface area contributed by atoms with E-state index in [-0.39, 0.29) is 5.97 Å². The summed E-state index contributed by atoms with van der Waals surface area (Å²) in [7, 11) is 0. The van der Waals surface area contributed by atoms with Gasteiger partial charge >= 0.3 is 5.97 Å². The Bertz CT molecular complexity index is 176. The lowest BCUT2D eigenvalue weighted by Gasteiger charge is -2.22. The molecular weight excluding hydrogens is 192 g/mol. The van der Waals surface area contributed by atoms with Crippen molar-refractivity contribution < 1.29 is 14.3 Å². The highest BCUT2D eigenvalue weighted by atomic mass is 16.6. The van der Waals surface area contributed by atoms with Crippen LogP contribution in [0.3, 0.4) is 0 Å². The lowest BCUT2D eigenvalue weighted by molar-refractivity contribution is -0.167. The fourth-order valence-electron chi connectivity index (χ4n) is 1.29. The average Bonchev–Trinajstić information content (AvgIpc) is 2.17. The predicted octanol–water partition coefficient (Wildman–Crippen LogP) is 2.93. The molecule has 0 saturated heterocycles. The molecule has 0 radical (unpaired) electrons. The largest absolute Gasteiger partial charge is 0.464 e. The number of ether oxygens (including phenoxy) is 2. The van der Waals surface area contributed by atoms with E-state index in [9.17, 15) is 4.79 Å². The summed E-state index contributed by atoms with van der Waals surface area (Å²) in [4.78, 5) is 11.5. The van der Waals surface area contributed by atoms with Gasteiger partial charge in [-0.05, 0) is 27.2 Å². The Morgan fingerprint density at radius 2 is 1.80 bits per heavy atom. The highest BCUT2D eigenvalue weighted by molar-refractivity contribution is 5.78. The van der Waals surface area contributed by atoms with Crippen LogP contribution in [0.15, 0.2) is 0 Å². The summed E-state index contributed by atoms with van der Waals surface area (Å²) in [6.07, 6.45) is 4.46. The summed E-state index contributed by atoms with van der Waals surface area (Å²) >= 11 is 0. The first-order valence-corrected chi connectivity index (χ1v) is 5.85. The zero-order chi connectivity index (χ0) is 11.7. The Kier molecular flexibility index (Phi) is 7.39. The zero-order valence-electron chi connectivity index (χ0n) is 10.5. The molecule has 0 amide bonds. The van der Waals surface area contributed by atoms with Gasteiger partial charge in [0.2, 0.25) is 0 Å². The molecule has 0 aliphatic rings. The fourth-order valence-corrected chi connectivity index (χ4v) is 1.29. The van der Waals surface area contributed by atoms with Crippen LogP contribution < -0.4 is 0 Å². The van der Waals surface area contributed by atoms with Crippen LogP contribution >= 0.6 is 0 Å². The van der Waals surface area contributed by atoms with Gasteiger partial charge in [-0.15, -0.1) is 0 Å². The molecule has 0 rings (SSSR count). The summed E-state index contributed by atoms with van der Waals surface area (Å²) in [5.41, 5.74) is -0.806. The Balaban J connectivity index is 3.64. The van der Waals surface area contributed by atoms with Crippen molar-refractivity contribution in [2.45, 2.75) is 59.0 Å². The number of hydrogen-bond acceptors (Lipinski definition) is 3. The van der Waals surface area contributed by atoms with E-state index in [1.807, 2.05) is 6.92 Å². The van der Waals surface area contributed by atoms with Crippen LogP contribution in [0.5, 0.6) is 0 Å². The minimum Gasteiger partial charge on any atom is -0.464 e. The molecule has 0 aliphatic heterocycles. The Hall–Kier alpha value is -0.570. The molecule has 90 valence electrons. The summed E-state index contributed by atoms with van der Waals surface area (Å²) in [5.74, 6) is -0.263. The molecule has 0 fully saturated rings. The zero-order valence-corrected chi connectivity index (χ0v) is 10.5. The maximum atomic E-state index is 11.5. The van der Waals surface area contributed by atoms with Crippen molar-refractivity contribution in [3.8, 4) is 0 Å². The van der Waals surface area contributed by atoms with Crippen molar-refractivity contribution in [3.63, 3.8) is 0 Å². The minimum absolute atomic E-state index is 0.263. The van der Waals surface area contributed by atoms with Gasteiger partial charge in [0.05, 0.1) is 6.61 Å². The maximum Gasteiger partial charge on any atom is 0.337 e. The molecule has 0 aromatic heterocycles. The highest BCUT2D eigenvalue weighted by Gasteiger charge is 2.29. The minimum atomic E-state index is -0.806. The molecule has 0 N–H and O–H groups in total. The topological polar surface area (TPSA) is 35.5 Å². The van der Waals surface area contributed by atoms with Crippen molar-refractivity contribution in [2.75, 3.05) is 13.2 Å². The molecule has 0 aromatic carbocycles. The molecule has 0 spiro atoms. The summed E-state index contributed by atoms with van der Waals surface area (Å²) in [5, 5.41) is 0. The summed E-state index contributed by atoms with van der Waals surface area (Å²) < 4.78 is 10.4. The van der Waals surface area contributed by atoms with Crippen LogP contribution in [0.2, 0.25) is 0 Å². The third kappa shape index (κ3) is 6.50. The van der Waals surface area contributed by atoms with Crippen molar-refractivity contribution in [2.24, 2.45) is 0 Å². The van der Waals surface area contributed by atoms with Gasteiger partial charge < -0.3 is 9.47 Å². The fraction of sp³-hybridized carbons (Fsp3) is 0.917. The number of carbonyl (C=O) groups excluding carboxylic acids is 1. The number of rotatable bonds is 8. The van der Waals surface area contributed by atoms with Crippen molar-refractivity contribution in [1.29, 1.82) is 0 Å². The van der Waals surface area contributed by atoms with E-state index in [1.165, 1.54) is 12.8 Å². The van der Waals surface area contributed by atoms with Crippen LogP contribution in [0.1, 0.15) is 53.4 Å². The van der Waals surface area contributed by atoms with E-state index in [1.54, 1.807) is 13.8 Å². The van der Waals surface area contributed by atoms with Crippen LogP contribution in [-0.2, 0) is 14.3 Å². The third-order valence-corrected chi connectivity index (χ3v) is 2.23. The molecular formula is C12H24O3. The Morgan fingerprint density at radius 1 is 1.13 bits per heavy atom. The standard InChI is InChI=1S/C12H24O3/c1-5-7-8-9-10-14-11(13)12(3,4)15-6-2/h5-10H2,1-4H3. The normalized spacial score (nSPS) is 11.5. The lowest BCUT2D eigenvalue weighted by atomic mass is 10.1. The van der Waals surface area contributed by atoms with Gasteiger partial charge in [0.1, 0.15) is 0 Å². The number of unbranched alkanes of at least 4 members (excludes halogenated alkanes) is 3. The van der Waals surface area contributed by atoms with Gasteiger partial charge in [-0.1, -0.05) is 26.2 Å². The summed E-state index contributed by atoms with van der Waals surface area (Å²) in [6, 6.07) is 0. The lowest BCUT2D eigenvalue weighted by Crippen LogP contribution is -2.36. The molecule has 0 unspecified atom stereocenters. The number of carbonyl (C=O) groups is 1. The molecule has 15 heavy (non-hydrogen) atoms. The van der Waals surface area contributed by atoms with E-state index < -0.39 is 5.60 Å². The maximum absolute atomic E-state index is 11.5. The first-order chi connectivity index (χ1) is 7.04. The van der Waals surface area contributed by atoms with E-state index in [0.29, 0.717) is 13.2 Å². The smallest absolute Gasteiger partial charge is 0.337 e. The monoisotopic (exact) mass is 216 g/mol. The number of hydrogen-bond donors (Lipinski definition) is 0. The number of esters is 1. The molecule has 3 nitrogen and oxygen atoms in total. The van der Waals surface area contributed by atoms with E-state index in [4.69, 9.17) is 9.47 Å². The molecule has 0 atom stereocenters. The molecule has 0 heterocycles. The van der Waals surface area contributed by atoms with E-state index in [2.05, 4.69) is 6.92 Å². The predicted molar refractivity (Wildman–Crippen MR) is 60.8 cm³/mol. The second-order valence-corrected chi connectivity index (χ2v) is 4.14. The van der Waals surface area contributed by atoms with E-state index in [0.717, 1.165) is 12.8 Å².